The number of aromatic nitrogens is 2. The Morgan fingerprint density at radius 1 is 1.09 bits per heavy atom. The summed E-state index contributed by atoms with van der Waals surface area (Å²) in [6.45, 7) is 1.80. The molecule has 0 aliphatic rings. The van der Waals surface area contributed by atoms with Gasteiger partial charge in [0.25, 0.3) is 0 Å². The molecule has 0 fully saturated rings. The highest BCUT2D eigenvalue weighted by atomic mass is 32.2. The quantitative estimate of drug-likeness (QED) is 0.405. The second kappa shape index (κ2) is 9.03. The van der Waals surface area contributed by atoms with Gasteiger partial charge in [-0.05, 0) is 48.4 Å². The first kappa shape index (κ1) is 21.9. The van der Waals surface area contributed by atoms with E-state index in [1.807, 2.05) is 6.07 Å². The van der Waals surface area contributed by atoms with Crippen LogP contribution >= 0.6 is 0 Å². The fraction of sp³-hybridized carbons (Fsp3) is 0.125. The zero-order chi connectivity index (χ0) is 23.4. The molecule has 0 bridgehead atoms. The van der Waals surface area contributed by atoms with Crippen LogP contribution in [0.3, 0.4) is 0 Å². The molecule has 4 aromatic rings. The Hall–Kier alpha value is -4.34. The van der Waals surface area contributed by atoms with E-state index >= 15 is 0 Å². The lowest BCUT2D eigenvalue weighted by Crippen LogP contribution is -2.15. The molecule has 33 heavy (non-hydrogen) atoms. The molecule has 2 N–H and O–H groups in total. The Morgan fingerprint density at radius 2 is 1.88 bits per heavy atom. The van der Waals surface area contributed by atoms with Crippen LogP contribution in [0.4, 0.5) is 5.69 Å². The van der Waals surface area contributed by atoms with Crippen LogP contribution in [0, 0.1) is 22.7 Å². The number of sulfonamides is 1. The van der Waals surface area contributed by atoms with Crippen molar-refractivity contribution in [1.29, 1.82) is 10.5 Å². The predicted molar refractivity (Wildman–Crippen MR) is 125 cm³/mol. The normalized spacial score (nSPS) is 11.0. The van der Waals surface area contributed by atoms with Gasteiger partial charge in [-0.2, -0.15) is 10.5 Å². The third-order valence-electron chi connectivity index (χ3n) is 4.91. The van der Waals surface area contributed by atoms with Crippen molar-refractivity contribution in [3.63, 3.8) is 0 Å². The second-order valence-electron chi connectivity index (χ2n) is 7.26. The lowest BCUT2D eigenvalue weighted by atomic mass is 10.1. The number of pyridine rings is 1. The van der Waals surface area contributed by atoms with E-state index < -0.39 is 10.0 Å². The molecule has 8 nitrogen and oxygen atoms in total. The fourth-order valence-electron chi connectivity index (χ4n) is 3.45. The van der Waals surface area contributed by atoms with E-state index in [0.29, 0.717) is 45.6 Å². The van der Waals surface area contributed by atoms with Crippen molar-refractivity contribution in [3.05, 3.63) is 71.9 Å². The van der Waals surface area contributed by atoms with Crippen LogP contribution in [0.2, 0.25) is 0 Å². The van der Waals surface area contributed by atoms with Gasteiger partial charge in [0.2, 0.25) is 15.9 Å². The number of aromatic amines is 1. The number of nitrogens with zero attached hydrogens (tertiary/aromatic N) is 3. The second-order valence-corrected chi connectivity index (χ2v) is 9.10. The molecular weight excluding hydrogens is 438 g/mol. The van der Waals surface area contributed by atoms with Gasteiger partial charge in [-0.1, -0.05) is 19.1 Å². The van der Waals surface area contributed by atoms with Crippen LogP contribution < -0.4 is 9.46 Å². The van der Waals surface area contributed by atoms with Gasteiger partial charge in [0.1, 0.15) is 23.5 Å². The Bertz CT molecular complexity index is 1510. The first-order chi connectivity index (χ1) is 15.9. The third kappa shape index (κ3) is 4.64. The average molecular weight is 458 g/mol. The van der Waals surface area contributed by atoms with E-state index in [1.165, 1.54) is 0 Å². The van der Waals surface area contributed by atoms with Crippen molar-refractivity contribution >= 4 is 26.6 Å². The topological polar surface area (TPSA) is 132 Å². The average Bonchev–Trinajstić information content (AvgIpc) is 3.17. The van der Waals surface area contributed by atoms with E-state index in [9.17, 15) is 18.9 Å². The molecule has 0 amide bonds. The summed E-state index contributed by atoms with van der Waals surface area (Å²) in [6.07, 6.45) is 2.07. The van der Waals surface area contributed by atoms with E-state index in [1.54, 1.807) is 67.7 Å². The summed E-state index contributed by atoms with van der Waals surface area (Å²) >= 11 is 0. The maximum Gasteiger partial charge on any atom is 0.237 e. The molecule has 4 rings (SSSR count). The van der Waals surface area contributed by atoms with Gasteiger partial charge in [0.15, 0.2) is 0 Å². The molecule has 0 aliphatic carbocycles. The molecule has 0 saturated carbocycles. The van der Waals surface area contributed by atoms with Gasteiger partial charge in [0.05, 0.1) is 22.5 Å². The molecular formula is C24H19N5O3S. The number of hydrogen-bond donors (Lipinski definition) is 2. The van der Waals surface area contributed by atoms with Crippen molar-refractivity contribution in [1.82, 2.24) is 9.97 Å². The van der Waals surface area contributed by atoms with E-state index in [-0.39, 0.29) is 11.6 Å². The third-order valence-corrected chi connectivity index (χ3v) is 6.40. The van der Waals surface area contributed by atoms with Crippen molar-refractivity contribution in [2.75, 3.05) is 10.5 Å². The summed E-state index contributed by atoms with van der Waals surface area (Å²) in [5.74, 6) is 0.720. The lowest BCUT2D eigenvalue weighted by Gasteiger charge is -2.07. The summed E-state index contributed by atoms with van der Waals surface area (Å²) in [5, 5.41) is 19.7. The number of anilines is 1. The molecule has 0 saturated heterocycles. The van der Waals surface area contributed by atoms with Crippen LogP contribution in [0.15, 0.2) is 60.8 Å². The number of nitrogens with one attached hydrogen (secondary N) is 2. The number of rotatable bonds is 7. The number of benzene rings is 2. The Balaban J connectivity index is 1.66. The number of hydrogen-bond acceptors (Lipinski definition) is 6. The molecule has 0 aliphatic heterocycles. The number of nitriles is 2. The van der Waals surface area contributed by atoms with Gasteiger partial charge in [-0.15, -0.1) is 0 Å². The summed E-state index contributed by atoms with van der Waals surface area (Å²) in [5.41, 5.74) is 3.27. The zero-order valence-electron chi connectivity index (χ0n) is 17.7. The Labute approximate surface area is 191 Å². The van der Waals surface area contributed by atoms with Crippen molar-refractivity contribution in [3.8, 4) is 35.0 Å². The van der Waals surface area contributed by atoms with Crippen LogP contribution in [0.5, 0.6) is 11.6 Å². The van der Waals surface area contributed by atoms with E-state index in [0.717, 1.165) is 5.56 Å². The van der Waals surface area contributed by atoms with Crippen LogP contribution in [-0.2, 0) is 10.0 Å². The smallest absolute Gasteiger partial charge is 0.237 e. The maximum atomic E-state index is 12.0. The molecule has 0 spiro atoms. The largest absolute Gasteiger partial charge is 0.438 e. The highest BCUT2D eigenvalue weighted by molar-refractivity contribution is 7.92. The first-order valence-corrected chi connectivity index (χ1v) is 11.8. The minimum Gasteiger partial charge on any atom is -0.438 e. The van der Waals surface area contributed by atoms with Crippen LogP contribution in [-0.4, -0.2) is 24.1 Å². The highest BCUT2D eigenvalue weighted by Gasteiger charge is 2.15. The first-order valence-electron chi connectivity index (χ1n) is 10.1. The Kier molecular flexibility index (Phi) is 5.99. The molecule has 2 heterocycles. The van der Waals surface area contributed by atoms with Gasteiger partial charge in [0, 0.05) is 23.3 Å². The monoisotopic (exact) mass is 457 g/mol. The molecule has 164 valence electrons. The van der Waals surface area contributed by atoms with Gasteiger partial charge in [-0.25, -0.2) is 13.4 Å². The van der Waals surface area contributed by atoms with Gasteiger partial charge in [-0.3, -0.25) is 4.72 Å². The van der Waals surface area contributed by atoms with Crippen molar-refractivity contribution < 1.29 is 13.2 Å². The molecule has 2 aromatic carbocycles. The van der Waals surface area contributed by atoms with E-state index in [4.69, 9.17) is 4.74 Å². The molecule has 0 atom stereocenters. The number of ether oxygens (including phenoxy) is 1. The van der Waals surface area contributed by atoms with Crippen molar-refractivity contribution in [2.24, 2.45) is 0 Å². The predicted octanol–water partition coefficient (Wildman–Crippen LogP) is 4.92. The molecule has 2 aromatic heterocycles. The minimum absolute atomic E-state index is 0.0497. The molecule has 0 radical (unpaired) electrons. The number of fused-ring (bicyclic) bond motifs is 1. The standard InChI is InChI=1S/C24H19N5O3S/c1-2-12-33(30,31)29-18-7-5-16(6-8-18)23-21(15-26)20-10-9-19(13-22(20)28-23)32-24-17(14-25)4-3-11-27-24/h3-11,13,28-29H,2,12H2,1H3. The van der Waals surface area contributed by atoms with Gasteiger partial charge < -0.3 is 9.72 Å². The SMILES string of the molecule is CCCS(=O)(=O)Nc1ccc(-c2[nH]c3cc(Oc4ncccc4C#N)ccc3c2C#N)cc1. The number of H-pyrrole nitrogens is 1. The summed E-state index contributed by atoms with van der Waals surface area (Å²) in [4.78, 5) is 7.35. The Morgan fingerprint density at radius 3 is 2.58 bits per heavy atom. The summed E-state index contributed by atoms with van der Waals surface area (Å²) in [7, 11) is -3.38. The van der Waals surface area contributed by atoms with Crippen molar-refractivity contribution in [2.45, 2.75) is 13.3 Å². The van der Waals surface area contributed by atoms with Gasteiger partial charge >= 0.3 is 0 Å². The van der Waals surface area contributed by atoms with E-state index in [2.05, 4.69) is 20.8 Å². The molecule has 0 unspecified atom stereocenters. The molecule has 9 heteroatoms. The lowest BCUT2D eigenvalue weighted by molar-refractivity contribution is 0.462. The highest BCUT2D eigenvalue weighted by Crippen LogP contribution is 2.33. The zero-order valence-corrected chi connectivity index (χ0v) is 18.5. The van der Waals surface area contributed by atoms with Crippen LogP contribution in [0.1, 0.15) is 24.5 Å². The fourth-order valence-corrected chi connectivity index (χ4v) is 4.58. The maximum absolute atomic E-state index is 12.0. The minimum atomic E-state index is -3.38. The summed E-state index contributed by atoms with van der Waals surface area (Å²) in [6, 6.07) is 19.6. The van der Waals surface area contributed by atoms with Crippen LogP contribution in [0.25, 0.3) is 22.2 Å². The summed E-state index contributed by atoms with van der Waals surface area (Å²) < 4.78 is 32.3.